The standard InChI is InChI=1S/C14H13FN2O.C2HF3O2/c15-11-7-4-8-12(13(11)14(16)17)18-9-10-5-2-1-3-6-10;3-2(4,5)1(6)7/h1-8H,9H2,(H3,16,17);(H,6,7). The predicted octanol–water partition coefficient (Wildman–Crippen LogP) is 3.32. The number of nitrogen functional groups attached to an aromatic ring is 1. The van der Waals surface area contributed by atoms with Gasteiger partial charge in [0.2, 0.25) is 0 Å². The van der Waals surface area contributed by atoms with E-state index in [-0.39, 0.29) is 17.1 Å². The molecule has 0 unspecified atom stereocenters. The number of hydrogen-bond donors (Lipinski definition) is 3. The number of alkyl halides is 3. The first-order chi connectivity index (χ1) is 11.6. The SMILES string of the molecule is N=C(N)c1c(F)cccc1OCc1ccccc1.O=C(O)C(F)(F)F. The van der Waals surface area contributed by atoms with Crippen molar-refractivity contribution in [2.24, 2.45) is 5.73 Å². The zero-order valence-corrected chi connectivity index (χ0v) is 12.7. The van der Waals surface area contributed by atoms with Crippen molar-refractivity contribution in [1.29, 1.82) is 5.41 Å². The van der Waals surface area contributed by atoms with Crippen molar-refractivity contribution in [2.45, 2.75) is 12.8 Å². The van der Waals surface area contributed by atoms with E-state index in [0.29, 0.717) is 6.61 Å². The predicted molar refractivity (Wildman–Crippen MR) is 81.9 cm³/mol. The third-order valence-corrected chi connectivity index (χ3v) is 2.72. The number of benzene rings is 2. The molecule has 0 aromatic heterocycles. The Bertz CT molecular complexity index is 734. The van der Waals surface area contributed by atoms with Crippen LogP contribution in [-0.4, -0.2) is 23.1 Å². The molecule has 0 radical (unpaired) electrons. The lowest BCUT2D eigenvalue weighted by Gasteiger charge is -2.11. The van der Waals surface area contributed by atoms with Crippen molar-refractivity contribution in [3.8, 4) is 5.75 Å². The molecule has 0 spiro atoms. The van der Waals surface area contributed by atoms with Gasteiger partial charge in [0.05, 0.1) is 5.56 Å². The lowest BCUT2D eigenvalue weighted by Crippen LogP contribution is -2.21. The van der Waals surface area contributed by atoms with Crippen molar-refractivity contribution in [3.63, 3.8) is 0 Å². The molecule has 0 amide bonds. The van der Waals surface area contributed by atoms with Crippen LogP contribution in [0, 0.1) is 11.2 Å². The van der Waals surface area contributed by atoms with Gasteiger partial charge in [-0.1, -0.05) is 36.4 Å². The lowest BCUT2D eigenvalue weighted by molar-refractivity contribution is -0.192. The zero-order chi connectivity index (χ0) is 19.0. The second kappa shape index (κ2) is 8.67. The number of carboxylic acids is 1. The molecular weight excluding hydrogens is 344 g/mol. The van der Waals surface area contributed by atoms with Crippen LogP contribution < -0.4 is 10.5 Å². The molecule has 134 valence electrons. The Hall–Kier alpha value is -3.10. The molecule has 2 aromatic rings. The monoisotopic (exact) mass is 358 g/mol. The highest BCUT2D eigenvalue weighted by Gasteiger charge is 2.38. The highest BCUT2D eigenvalue weighted by molar-refractivity contribution is 5.97. The van der Waals surface area contributed by atoms with E-state index in [9.17, 15) is 17.6 Å². The van der Waals surface area contributed by atoms with Crippen molar-refractivity contribution in [3.05, 3.63) is 65.5 Å². The number of halogens is 4. The highest BCUT2D eigenvalue weighted by Crippen LogP contribution is 2.22. The van der Waals surface area contributed by atoms with Gasteiger partial charge in [-0.3, -0.25) is 5.41 Å². The Morgan fingerprint density at radius 1 is 1.12 bits per heavy atom. The van der Waals surface area contributed by atoms with Gasteiger partial charge in [0.1, 0.15) is 24.0 Å². The first-order valence-electron chi connectivity index (χ1n) is 6.72. The van der Waals surface area contributed by atoms with E-state index >= 15 is 0 Å². The molecule has 0 saturated heterocycles. The molecule has 0 aliphatic carbocycles. The third kappa shape index (κ3) is 6.50. The van der Waals surface area contributed by atoms with E-state index in [0.717, 1.165) is 5.56 Å². The van der Waals surface area contributed by atoms with Gasteiger partial charge in [0, 0.05) is 0 Å². The maximum Gasteiger partial charge on any atom is 0.490 e. The number of ether oxygens (including phenoxy) is 1. The average Bonchev–Trinajstić information content (AvgIpc) is 2.53. The summed E-state index contributed by atoms with van der Waals surface area (Å²) in [5.41, 5.74) is 6.32. The molecule has 2 rings (SSSR count). The van der Waals surface area contributed by atoms with E-state index in [1.807, 2.05) is 30.3 Å². The minimum Gasteiger partial charge on any atom is -0.488 e. The van der Waals surface area contributed by atoms with Gasteiger partial charge in [-0.05, 0) is 17.7 Å². The van der Waals surface area contributed by atoms with Gasteiger partial charge < -0.3 is 15.6 Å². The van der Waals surface area contributed by atoms with Crippen molar-refractivity contribution < 1.29 is 32.2 Å². The molecule has 25 heavy (non-hydrogen) atoms. The molecule has 5 nitrogen and oxygen atoms in total. The van der Waals surface area contributed by atoms with Crippen LogP contribution in [-0.2, 0) is 11.4 Å². The van der Waals surface area contributed by atoms with Crippen molar-refractivity contribution in [1.82, 2.24) is 0 Å². The first-order valence-corrected chi connectivity index (χ1v) is 6.72. The second-order valence-corrected chi connectivity index (χ2v) is 4.60. The van der Waals surface area contributed by atoms with E-state index < -0.39 is 18.0 Å². The summed E-state index contributed by atoms with van der Waals surface area (Å²) in [6.07, 6.45) is -5.08. The Labute approximate surface area is 140 Å². The Morgan fingerprint density at radius 3 is 2.16 bits per heavy atom. The van der Waals surface area contributed by atoms with Crippen LogP contribution >= 0.6 is 0 Å². The van der Waals surface area contributed by atoms with Gasteiger partial charge in [-0.25, -0.2) is 9.18 Å². The summed E-state index contributed by atoms with van der Waals surface area (Å²) in [6.45, 7) is 0.310. The molecular formula is C16H14F4N2O3. The van der Waals surface area contributed by atoms with Crippen molar-refractivity contribution >= 4 is 11.8 Å². The van der Waals surface area contributed by atoms with Crippen molar-refractivity contribution in [2.75, 3.05) is 0 Å². The highest BCUT2D eigenvalue weighted by atomic mass is 19.4. The van der Waals surface area contributed by atoms with Crippen LogP contribution in [0.25, 0.3) is 0 Å². The Morgan fingerprint density at radius 2 is 1.68 bits per heavy atom. The summed E-state index contributed by atoms with van der Waals surface area (Å²) in [7, 11) is 0. The normalized spacial score (nSPS) is 10.4. The molecule has 0 aliphatic rings. The average molecular weight is 358 g/mol. The fraction of sp³-hybridized carbons (Fsp3) is 0.125. The molecule has 0 bridgehead atoms. The van der Waals surface area contributed by atoms with E-state index in [1.165, 1.54) is 12.1 Å². The molecule has 0 aliphatic heterocycles. The van der Waals surface area contributed by atoms with E-state index in [2.05, 4.69) is 0 Å². The maximum atomic E-state index is 13.5. The first kappa shape index (κ1) is 19.9. The largest absolute Gasteiger partial charge is 0.490 e. The fourth-order valence-corrected chi connectivity index (χ4v) is 1.62. The second-order valence-electron chi connectivity index (χ2n) is 4.60. The number of carboxylic acid groups (broad SMARTS) is 1. The number of amidine groups is 1. The lowest BCUT2D eigenvalue weighted by atomic mass is 10.1. The quantitative estimate of drug-likeness (QED) is 0.444. The van der Waals surface area contributed by atoms with E-state index in [4.69, 9.17) is 25.8 Å². The molecule has 0 heterocycles. The molecule has 9 heteroatoms. The number of nitrogens with one attached hydrogen (secondary N) is 1. The van der Waals surface area contributed by atoms with Crippen LogP contribution in [0.5, 0.6) is 5.75 Å². The van der Waals surface area contributed by atoms with Crippen LogP contribution in [0.1, 0.15) is 11.1 Å². The van der Waals surface area contributed by atoms with Crippen LogP contribution in [0.3, 0.4) is 0 Å². The van der Waals surface area contributed by atoms with E-state index in [1.54, 1.807) is 6.07 Å². The minimum atomic E-state index is -5.08. The summed E-state index contributed by atoms with van der Waals surface area (Å²) in [4.78, 5) is 8.90. The molecule has 0 atom stereocenters. The van der Waals surface area contributed by atoms with Gasteiger partial charge in [0.15, 0.2) is 0 Å². The third-order valence-electron chi connectivity index (χ3n) is 2.72. The number of nitrogens with two attached hydrogens (primary N) is 1. The summed E-state index contributed by atoms with van der Waals surface area (Å²) < 4.78 is 50.8. The molecule has 0 fully saturated rings. The topological polar surface area (TPSA) is 96.4 Å². The Kier molecular flexibility index (Phi) is 6.92. The summed E-state index contributed by atoms with van der Waals surface area (Å²) >= 11 is 0. The fourth-order valence-electron chi connectivity index (χ4n) is 1.62. The van der Waals surface area contributed by atoms with Gasteiger partial charge >= 0.3 is 12.1 Å². The molecule has 2 aromatic carbocycles. The van der Waals surface area contributed by atoms with Crippen LogP contribution in [0.15, 0.2) is 48.5 Å². The number of rotatable bonds is 4. The summed E-state index contributed by atoms with van der Waals surface area (Å²) in [5, 5.41) is 14.5. The number of carbonyl (C=O) groups is 1. The summed E-state index contributed by atoms with van der Waals surface area (Å²) in [6, 6.07) is 13.9. The smallest absolute Gasteiger partial charge is 0.488 e. The Balaban J connectivity index is 0.000000381. The molecule has 4 N–H and O–H groups in total. The summed E-state index contributed by atoms with van der Waals surface area (Å²) in [5.74, 6) is -3.36. The zero-order valence-electron chi connectivity index (χ0n) is 12.7. The van der Waals surface area contributed by atoms with Crippen LogP contribution in [0.4, 0.5) is 17.6 Å². The van der Waals surface area contributed by atoms with Gasteiger partial charge in [0.25, 0.3) is 0 Å². The number of hydrogen-bond acceptors (Lipinski definition) is 3. The van der Waals surface area contributed by atoms with Crippen LogP contribution in [0.2, 0.25) is 0 Å². The number of aliphatic carboxylic acids is 1. The minimum absolute atomic E-state index is 0.00781. The van der Waals surface area contributed by atoms with Gasteiger partial charge in [-0.15, -0.1) is 0 Å². The van der Waals surface area contributed by atoms with Gasteiger partial charge in [-0.2, -0.15) is 13.2 Å². The maximum absolute atomic E-state index is 13.5. The molecule has 0 saturated carbocycles.